The number of amides is 1. The zero-order chi connectivity index (χ0) is 19.3. The Morgan fingerprint density at radius 2 is 1.75 bits per heavy atom. The molecule has 0 heterocycles. The third kappa shape index (κ3) is 4.39. The van der Waals surface area contributed by atoms with Gasteiger partial charge in [0.1, 0.15) is 5.75 Å². The van der Waals surface area contributed by atoms with Gasteiger partial charge in [0.05, 0.1) is 6.04 Å². The van der Waals surface area contributed by atoms with Gasteiger partial charge in [-0.15, -0.1) is 0 Å². The molecule has 0 radical (unpaired) electrons. The van der Waals surface area contributed by atoms with Crippen LogP contribution in [0, 0.1) is 5.92 Å². The van der Waals surface area contributed by atoms with E-state index in [2.05, 4.69) is 35.6 Å². The number of rotatable bonds is 5. The first-order valence-electron chi connectivity index (χ1n) is 10.6. The van der Waals surface area contributed by atoms with Crippen LogP contribution in [0.3, 0.4) is 0 Å². The number of hydrogen-bond acceptors (Lipinski definition) is 3. The molecule has 1 atom stereocenters. The molecule has 28 heavy (non-hydrogen) atoms. The molecular weight excluding hydrogens is 348 g/mol. The van der Waals surface area contributed by atoms with Crippen molar-refractivity contribution in [2.45, 2.75) is 51.0 Å². The van der Waals surface area contributed by atoms with E-state index in [0.717, 1.165) is 30.7 Å². The lowest BCUT2D eigenvalue weighted by atomic mass is 9.89. The van der Waals surface area contributed by atoms with Crippen LogP contribution in [-0.4, -0.2) is 19.1 Å². The van der Waals surface area contributed by atoms with Crippen molar-refractivity contribution in [3.63, 3.8) is 0 Å². The minimum Gasteiger partial charge on any atom is -0.484 e. The summed E-state index contributed by atoms with van der Waals surface area (Å²) in [5.41, 5.74) is 11.4. The molecule has 0 spiro atoms. The molecule has 2 aliphatic carbocycles. The lowest BCUT2D eigenvalue weighted by Gasteiger charge is -2.21. The molecule has 0 bridgehead atoms. The summed E-state index contributed by atoms with van der Waals surface area (Å²) in [6.45, 7) is 0.845. The third-order valence-corrected chi connectivity index (χ3v) is 6.19. The van der Waals surface area contributed by atoms with Crippen LogP contribution in [0.4, 0.5) is 0 Å². The van der Waals surface area contributed by atoms with Crippen molar-refractivity contribution in [3.05, 3.63) is 64.7 Å². The van der Waals surface area contributed by atoms with Gasteiger partial charge in [-0.2, -0.15) is 0 Å². The highest BCUT2D eigenvalue weighted by Gasteiger charge is 2.21. The summed E-state index contributed by atoms with van der Waals surface area (Å²) < 4.78 is 5.77. The van der Waals surface area contributed by atoms with Crippen molar-refractivity contribution in [2.24, 2.45) is 11.7 Å². The molecule has 2 aromatic carbocycles. The number of carbonyl (C=O) groups excluding carboxylic acids is 1. The second-order valence-corrected chi connectivity index (χ2v) is 8.13. The Morgan fingerprint density at radius 3 is 2.61 bits per heavy atom. The van der Waals surface area contributed by atoms with Crippen molar-refractivity contribution < 1.29 is 9.53 Å². The zero-order valence-corrected chi connectivity index (χ0v) is 16.5. The standard InChI is InChI=1S/C24H30N2O2/c25-24-21-9-5-4-8-18(21)10-11-19-14-20(12-13-22(19)24)28-16-23(27)26-15-17-6-2-1-3-7-17/h4-5,8-9,12-14,17,24H,1-3,6-7,10-11,15-16,25H2,(H,26,27). The molecule has 0 aliphatic heterocycles. The maximum absolute atomic E-state index is 12.1. The van der Waals surface area contributed by atoms with Gasteiger partial charge in [0.15, 0.2) is 6.61 Å². The summed E-state index contributed by atoms with van der Waals surface area (Å²) in [6, 6.07) is 14.3. The molecule has 2 aliphatic rings. The topological polar surface area (TPSA) is 64.3 Å². The minimum atomic E-state index is -0.110. The second-order valence-electron chi connectivity index (χ2n) is 8.13. The predicted molar refractivity (Wildman–Crippen MR) is 111 cm³/mol. The Labute approximate surface area is 167 Å². The number of nitrogens with two attached hydrogens (primary N) is 1. The zero-order valence-electron chi connectivity index (χ0n) is 16.5. The molecule has 1 fully saturated rings. The quantitative estimate of drug-likeness (QED) is 0.829. The average Bonchev–Trinajstić information content (AvgIpc) is 2.88. The maximum atomic E-state index is 12.1. The Kier molecular flexibility index (Phi) is 5.96. The Balaban J connectivity index is 1.35. The first kappa shape index (κ1) is 19.0. The molecule has 1 amide bonds. The monoisotopic (exact) mass is 378 g/mol. The van der Waals surface area contributed by atoms with Crippen molar-refractivity contribution in [3.8, 4) is 5.75 Å². The minimum absolute atomic E-state index is 0.0374. The van der Waals surface area contributed by atoms with E-state index >= 15 is 0 Å². The summed E-state index contributed by atoms with van der Waals surface area (Å²) in [4.78, 5) is 12.1. The molecular formula is C24H30N2O2. The van der Waals surface area contributed by atoms with Crippen LogP contribution in [0.25, 0.3) is 0 Å². The van der Waals surface area contributed by atoms with Crippen molar-refractivity contribution in [1.82, 2.24) is 5.32 Å². The number of carbonyl (C=O) groups is 1. The van der Waals surface area contributed by atoms with Crippen LogP contribution in [0.1, 0.15) is 60.4 Å². The van der Waals surface area contributed by atoms with Gasteiger partial charge in [0, 0.05) is 6.54 Å². The first-order valence-corrected chi connectivity index (χ1v) is 10.6. The number of nitrogens with one attached hydrogen (secondary N) is 1. The van der Waals surface area contributed by atoms with E-state index in [-0.39, 0.29) is 18.6 Å². The normalized spacial score (nSPS) is 19.2. The first-order chi connectivity index (χ1) is 13.7. The second kappa shape index (κ2) is 8.78. The van der Waals surface area contributed by atoms with E-state index in [1.807, 2.05) is 12.1 Å². The van der Waals surface area contributed by atoms with E-state index in [0.29, 0.717) is 5.92 Å². The molecule has 0 saturated heterocycles. The van der Waals surface area contributed by atoms with E-state index in [1.165, 1.54) is 48.8 Å². The highest BCUT2D eigenvalue weighted by atomic mass is 16.5. The number of aryl methyl sites for hydroxylation is 2. The fourth-order valence-electron chi connectivity index (χ4n) is 4.54. The van der Waals surface area contributed by atoms with Crippen LogP contribution < -0.4 is 15.8 Å². The number of hydrogen-bond donors (Lipinski definition) is 2. The van der Waals surface area contributed by atoms with Crippen molar-refractivity contribution >= 4 is 5.91 Å². The molecule has 1 saturated carbocycles. The number of benzene rings is 2. The van der Waals surface area contributed by atoms with Crippen LogP contribution in [0.2, 0.25) is 0 Å². The van der Waals surface area contributed by atoms with Gasteiger partial charge in [0.25, 0.3) is 5.91 Å². The van der Waals surface area contributed by atoms with Gasteiger partial charge in [-0.05, 0) is 66.0 Å². The van der Waals surface area contributed by atoms with Gasteiger partial charge in [-0.3, -0.25) is 4.79 Å². The SMILES string of the molecule is NC1c2ccccc2CCc2cc(OCC(=O)NCC3CCCCC3)ccc21. The van der Waals surface area contributed by atoms with Gasteiger partial charge in [-0.1, -0.05) is 49.6 Å². The summed E-state index contributed by atoms with van der Waals surface area (Å²) in [5.74, 6) is 1.34. The van der Waals surface area contributed by atoms with Crippen molar-refractivity contribution in [1.29, 1.82) is 0 Å². The molecule has 1 unspecified atom stereocenters. The molecule has 4 heteroatoms. The summed E-state index contributed by atoms with van der Waals surface area (Å²) in [5, 5.41) is 3.03. The predicted octanol–water partition coefficient (Wildman–Crippen LogP) is 3.91. The summed E-state index contributed by atoms with van der Waals surface area (Å²) >= 11 is 0. The van der Waals surface area contributed by atoms with E-state index < -0.39 is 0 Å². The number of fused-ring (bicyclic) bond motifs is 2. The molecule has 0 aromatic heterocycles. The van der Waals surface area contributed by atoms with Crippen LogP contribution in [0.15, 0.2) is 42.5 Å². The fourth-order valence-corrected chi connectivity index (χ4v) is 4.54. The Hall–Kier alpha value is -2.33. The van der Waals surface area contributed by atoms with Gasteiger partial charge < -0.3 is 15.8 Å². The van der Waals surface area contributed by atoms with Gasteiger partial charge in [0.2, 0.25) is 0 Å². The Bertz CT molecular complexity index is 827. The molecule has 2 aromatic rings. The largest absolute Gasteiger partial charge is 0.484 e. The molecule has 4 nitrogen and oxygen atoms in total. The third-order valence-electron chi connectivity index (χ3n) is 6.19. The lowest BCUT2D eigenvalue weighted by Crippen LogP contribution is -2.33. The molecule has 3 N–H and O–H groups in total. The van der Waals surface area contributed by atoms with Crippen LogP contribution in [0.5, 0.6) is 5.75 Å². The summed E-state index contributed by atoms with van der Waals surface area (Å²) in [7, 11) is 0. The average molecular weight is 379 g/mol. The van der Waals surface area contributed by atoms with E-state index in [4.69, 9.17) is 10.5 Å². The lowest BCUT2D eigenvalue weighted by molar-refractivity contribution is -0.123. The highest BCUT2D eigenvalue weighted by molar-refractivity contribution is 5.77. The number of ether oxygens (including phenoxy) is 1. The van der Waals surface area contributed by atoms with Crippen LogP contribution >= 0.6 is 0 Å². The van der Waals surface area contributed by atoms with E-state index in [1.54, 1.807) is 0 Å². The smallest absolute Gasteiger partial charge is 0.257 e. The fraction of sp³-hybridized carbons (Fsp3) is 0.458. The maximum Gasteiger partial charge on any atom is 0.257 e. The Morgan fingerprint density at radius 1 is 1.00 bits per heavy atom. The molecule has 148 valence electrons. The van der Waals surface area contributed by atoms with Gasteiger partial charge >= 0.3 is 0 Å². The van der Waals surface area contributed by atoms with Crippen molar-refractivity contribution in [2.75, 3.05) is 13.2 Å². The summed E-state index contributed by atoms with van der Waals surface area (Å²) in [6.07, 6.45) is 8.29. The van der Waals surface area contributed by atoms with E-state index in [9.17, 15) is 4.79 Å². The van der Waals surface area contributed by atoms with Crippen LogP contribution in [-0.2, 0) is 17.6 Å². The van der Waals surface area contributed by atoms with Gasteiger partial charge in [-0.25, -0.2) is 0 Å². The molecule has 4 rings (SSSR count). The highest BCUT2D eigenvalue weighted by Crippen LogP contribution is 2.32.